The fraction of sp³-hybridized carbons (Fsp3) is 0.105. The Labute approximate surface area is 143 Å². The van der Waals surface area contributed by atoms with Crippen LogP contribution in [-0.4, -0.2) is 16.5 Å². The first-order valence-electron chi connectivity index (χ1n) is 7.60. The summed E-state index contributed by atoms with van der Waals surface area (Å²) < 4.78 is 13.2. The smallest absolute Gasteiger partial charge is 0.137 e. The zero-order valence-corrected chi connectivity index (χ0v) is 14.0. The van der Waals surface area contributed by atoms with Gasteiger partial charge < -0.3 is 9.47 Å². The number of methoxy groups -OCH3 is 1. The maximum Gasteiger partial charge on any atom is 0.137 e. The second kappa shape index (κ2) is 6.37. The molecule has 3 heterocycles. The van der Waals surface area contributed by atoms with E-state index in [9.17, 15) is 0 Å². The van der Waals surface area contributed by atoms with Gasteiger partial charge in [-0.15, -0.1) is 11.3 Å². The first-order valence-corrected chi connectivity index (χ1v) is 8.48. The molecule has 4 rings (SSSR count). The summed E-state index contributed by atoms with van der Waals surface area (Å²) in [4.78, 5) is 5.57. The number of benzene rings is 1. The lowest BCUT2D eigenvalue weighted by molar-refractivity contribution is 0.306. The topological polar surface area (TPSA) is 35.8 Å². The summed E-state index contributed by atoms with van der Waals surface area (Å²) >= 11 is 1.65. The summed E-state index contributed by atoms with van der Waals surface area (Å²) in [7, 11) is 1.67. The first kappa shape index (κ1) is 14.8. The summed E-state index contributed by atoms with van der Waals surface area (Å²) in [6, 6.07) is 16.0. The van der Waals surface area contributed by atoms with Crippen LogP contribution in [-0.2, 0) is 6.61 Å². The molecular weight excluding hydrogens is 320 g/mol. The Balaban J connectivity index is 1.52. The highest BCUT2D eigenvalue weighted by molar-refractivity contribution is 7.13. The van der Waals surface area contributed by atoms with Gasteiger partial charge in [0, 0.05) is 17.6 Å². The molecule has 0 spiro atoms. The number of fused-ring (bicyclic) bond motifs is 1. The third-order valence-electron chi connectivity index (χ3n) is 3.78. The van der Waals surface area contributed by atoms with Crippen LogP contribution in [0.5, 0.6) is 11.5 Å². The van der Waals surface area contributed by atoms with Crippen LogP contribution in [0.1, 0.15) is 5.56 Å². The Morgan fingerprint density at radius 2 is 2.04 bits per heavy atom. The number of ether oxygens (including phenoxy) is 2. The van der Waals surface area contributed by atoms with Gasteiger partial charge >= 0.3 is 0 Å². The summed E-state index contributed by atoms with van der Waals surface area (Å²) in [5.74, 6) is 1.71. The molecular formula is C19H16N2O2S. The minimum Gasteiger partial charge on any atom is -0.497 e. The molecule has 0 atom stereocenters. The second-order valence-electron chi connectivity index (χ2n) is 5.36. The first-order chi connectivity index (χ1) is 11.8. The van der Waals surface area contributed by atoms with Gasteiger partial charge in [0.25, 0.3) is 0 Å². The molecule has 24 heavy (non-hydrogen) atoms. The molecule has 0 bridgehead atoms. The van der Waals surface area contributed by atoms with Crippen LogP contribution in [0.3, 0.4) is 0 Å². The van der Waals surface area contributed by atoms with Crippen LogP contribution < -0.4 is 9.47 Å². The molecule has 5 heteroatoms. The van der Waals surface area contributed by atoms with Crippen molar-refractivity contribution in [2.45, 2.75) is 6.61 Å². The van der Waals surface area contributed by atoms with E-state index in [0.717, 1.165) is 33.3 Å². The number of thiophene rings is 1. The predicted molar refractivity (Wildman–Crippen MR) is 95.8 cm³/mol. The SMILES string of the molecule is COc1cccc(COc2csc(-c3cnc4ccccn34)c2)c1. The van der Waals surface area contributed by atoms with Crippen LogP contribution in [0, 0.1) is 0 Å². The molecule has 0 saturated carbocycles. The number of nitrogens with zero attached hydrogens (tertiary/aromatic N) is 2. The van der Waals surface area contributed by atoms with Crippen molar-refractivity contribution in [2.75, 3.05) is 7.11 Å². The standard InChI is InChI=1S/C19H16N2O2S/c1-22-15-6-4-5-14(9-15)12-23-16-10-18(24-13-16)17-11-20-19-7-2-3-8-21(17)19/h2-11,13H,12H2,1H3. The van der Waals surface area contributed by atoms with E-state index >= 15 is 0 Å². The highest BCUT2D eigenvalue weighted by Crippen LogP contribution is 2.32. The van der Waals surface area contributed by atoms with E-state index in [1.165, 1.54) is 0 Å². The van der Waals surface area contributed by atoms with Gasteiger partial charge in [0.05, 0.1) is 23.9 Å². The zero-order chi connectivity index (χ0) is 16.4. The lowest BCUT2D eigenvalue weighted by atomic mass is 10.2. The van der Waals surface area contributed by atoms with Crippen molar-refractivity contribution in [3.05, 3.63) is 71.9 Å². The van der Waals surface area contributed by atoms with Crippen molar-refractivity contribution in [3.8, 4) is 22.1 Å². The monoisotopic (exact) mass is 336 g/mol. The van der Waals surface area contributed by atoms with Gasteiger partial charge in [0.15, 0.2) is 0 Å². The molecule has 1 aromatic carbocycles. The van der Waals surface area contributed by atoms with E-state index in [2.05, 4.69) is 15.5 Å². The highest BCUT2D eigenvalue weighted by atomic mass is 32.1. The van der Waals surface area contributed by atoms with E-state index in [-0.39, 0.29) is 0 Å². The molecule has 0 N–H and O–H groups in total. The molecule has 120 valence electrons. The van der Waals surface area contributed by atoms with Crippen LogP contribution in [0.15, 0.2) is 66.3 Å². The minimum absolute atomic E-state index is 0.514. The minimum atomic E-state index is 0.514. The fourth-order valence-electron chi connectivity index (χ4n) is 2.57. The average Bonchev–Trinajstić information content (AvgIpc) is 3.26. The van der Waals surface area contributed by atoms with E-state index < -0.39 is 0 Å². The van der Waals surface area contributed by atoms with Crippen molar-refractivity contribution in [1.29, 1.82) is 0 Å². The number of rotatable bonds is 5. The molecule has 0 amide bonds. The molecule has 0 radical (unpaired) electrons. The third-order valence-corrected chi connectivity index (χ3v) is 4.72. The van der Waals surface area contributed by atoms with Crippen LogP contribution in [0.4, 0.5) is 0 Å². The Morgan fingerprint density at radius 1 is 1.08 bits per heavy atom. The van der Waals surface area contributed by atoms with Crippen molar-refractivity contribution in [3.63, 3.8) is 0 Å². The van der Waals surface area contributed by atoms with Crippen molar-refractivity contribution >= 4 is 17.0 Å². The Morgan fingerprint density at radius 3 is 2.96 bits per heavy atom. The molecule has 0 aliphatic heterocycles. The summed E-state index contributed by atoms with van der Waals surface area (Å²) in [5, 5.41) is 2.03. The highest BCUT2D eigenvalue weighted by Gasteiger charge is 2.09. The predicted octanol–water partition coefficient (Wildman–Crippen LogP) is 4.65. The summed E-state index contributed by atoms with van der Waals surface area (Å²) in [6.07, 6.45) is 3.92. The molecule has 0 unspecified atom stereocenters. The second-order valence-corrected chi connectivity index (χ2v) is 6.27. The normalized spacial score (nSPS) is 10.9. The van der Waals surface area contributed by atoms with Gasteiger partial charge in [-0.05, 0) is 29.8 Å². The molecule has 4 aromatic rings. The number of hydrogen-bond acceptors (Lipinski definition) is 4. The van der Waals surface area contributed by atoms with Gasteiger partial charge in [-0.1, -0.05) is 18.2 Å². The Bertz CT molecular complexity index is 974. The average molecular weight is 336 g/mol. The van der Waals surface area contributed by atoms with Crippen LogP contribution in [0.25, 0.3) is 16.2 Å². The molecule has 0 fully saturated rings. The number of imidazole rings is 1. The molecule has 3 aromatic heterocycles. The van der Waals surface area contributed by atoms with E-state index in [1.54, 1.807) is 18.4 Å². The van der Waals surface area contributed by atoms with Crippen molar-refractivity contribution in [2.24, 2.45) is 0 Å². The molecule has 4 nitrogen and oxygen atoms in total. The van der Waals surface area contributed by atoms with Gasteiger partial charge in [-0.2, -0.15) is 0 Å². The van der Waals surface area contributed by atoms with Gasteiger partial charge in [0.1, 0.15) is 23.8 Å². The van der Waals surface area contributed by atoms with Gasteiger partial charge in [0.2, 0.25) is 0 Å². The summed E-state index contributed by atoms with van der Waals surface area (Å²) in [6.45, 7) is 0.514. The van der Waals surface area contributed by atoms with E-state index in [0.29, 0.717) is 6.61 Å². The maximum absolute atomic E-state index is 5.91. The van der Waals surface area contributed by atoms with Crippen molar-refractivity contribution < 1.29 is 9.47 Å². The fourth-order valence-corrected chi connectivity index (χ4v) is 3.41. The summed E-state index contributed by atoms with van der Waals surface area (Å²) in [5.41, 5.74) is 3.10. The lowest BCUT2D eigenvalue weighted by Gasteiger charge is -2.05. The Hall–Kier alpha value is -2.79. The largest absolute Gasteiger partial charge is 0.497 e. The third kappa shape index (κ3) is 2.86. The zero-order valence-electron chi connectivity index (χ0n) is 13.2. The number of aromatic nitrogens is 2. The van der Waals surface area contributed by atoms with E-state index in [4.69, 9.17) is 9.47 Å². The quantitative estimate of drug-likeness (QED) is 0.532. The molecule has 0 aliphatic carbocycles. The van der Waals surface area contributed by atoms with Gasteiger partial charge in [-0.3, -0.25) is 4.40 Å². The van der Waals surface area contributed by atoms with Crippen LogP contribution in [0.2, 0.25) is 0 Å². The van der Waals surface area contributed by atoms with Crippen molar-refractivity contribution in [1.82, 2.24) is 9.38 Å². The number of pyridine rings is 1. The lowest BCUT2D eigenvalue weighted by Crippen LogP contribution is -1.94. The molecule has 0 saturated heterocycles. The maximum atomic E-state index is 5.91. The Kier molecular flexibility index (Phi) is 3.92. The number of hydrogen-bond donors (Lipinski definition) is 0. The van der Waals surface area contributed by atoms with E-state index in [1.807, 2.05) is 60.2 Å². The van der Waals surface area contributed by atoms with Gasteiger partial charge in [-0.25, -0.2) is 4.98 Å². The molecule has 0 aliphatic rings. The van der Waals surface area contributed by atoms with Crippen LogP contribution >= 0.6 is 11.3 Å².